The van der Waals surface area contributed by atoms with Crippen LogP contribution in [0.15, 0.2) is 35.2 Å². The average molecular weight is 324 g/mol. The van der Waals surface area contributed by atoms with E-state index in [1.165, 1.54) is 11.8 Å². The van der Waals surface area contributed by atoms with Crippen LogP contribution in [0.3, 0.4) is 0 Å². The van der Waals surface area contributed by atoms with Crippen LogP contribution in [0.4, 0.5) is 0 Å². The number of carbonyl (C=O) groups is 2. The summed E-state index contributed by atoms with van der Waals surface area (Å²) in [6.45, 7) is 3.99. The number of unbranched alkanes of at least 4 members (excludes halogenated alkanes) is 1. The average Bonchev–Trinajstić information content (AvgIpc) is 2.51. The van der Waals surface area contributed by atoms with Crippen molar-refractivity contribution in [1.82, 2.24) is 5.32 Å². The second-order valence-corrected chi connectivity index (χ2v) is 6.05. The molecule has 0 aliphatic carbocycles. The number of esters is 1. The lowest BCUT2D eigenvalue weighted by atomic mass is 10.2. The Morgan fingerprint density at radius 1 is 1.27 bits per heavy atom. The van der Waals surface area contributed by atoms with Crippen molar-refractivity contribution in [2.75, 3.05) is 6.61 Å². The lowest BCUT2D eigenvalue weighted by Gasteiger charge is -2.23. The van der Waals surface area contributed by atoms with Gasteiger partial charge in [-0.3, -0.25) is 4.79 Å². The fraction of sp³-hybridized carbons (Fsp3) is 0.500. The van der Waals surface area contributed by atoms with Crippen LogP contribution >= 0.6 is 11.8 Å². The minimum atomic E-state index is -0.852. The zero-order chi connectivity index (χ0) is 16.4. The van der Waals surface area contributed by atoms with Gasteiger partial charge in [-0.05, 0) is 25.5 Å². The van der Waals surface area contributed by atoms with E-state index in [4.69, 9.17) is 10.5 Å². The quantitative estimate of drug-likeness (QED) is 0.414. The lowest BCUT2D eigenvalue weighted by molar-refractivity contribution is -0.147. The van der Waals surface area contributed by atoms with Crippen molar-refractivity contribution in [2.45, 2.75) is 49.4 Å². The van der Waals surface area contributed by atoms with E-state index in [1.807, 2.05) is 37.3 Å². The van der Waals surface area contributed by atoms with Crippen LogP contribution < -0.4 is 11.1 Å². The van der Waals surface area contributed by atoms with Crippen molar-refractivity contribution in [3.05, 3.63) is 30.3 Å². The van der Waals surface area contributed by atoms with Gasteiger partial charge in [-0.25, -0.2) is 4.79 Å². The molecule has 2 unspecified atom stereocenters. The molecule has 0 radical (unpaired) electrons. The second kappa shape index (κ2) is 10.2. The Hall–Kier alpha value is -1.53. The first-order valence-corrected chi connectivity index (χ1v) is 8.39. The van der Waals surface area contributed by atoms with Gasteiger partial charge in [0.25, 0.3) is 0 Å². The monoisotopic (exact) mass is 324 g/mol. The first-order valence-electron chi connectivity index (χ1n) is 7.51. The number of hydrogen-bond donors (Lipinski definition) is 2. The molecule has 0 aliphatic rings. The molecule has 1 aromatic rings. The molecule has 3 N–H and O–H groups in total. The van der Waals surface area contributed by atoms with Gasteiger partial charge >= 0.3 is 5.97 Å². The Morgan fingerprint density at radius 3 is 2.55 bits per heavy atom. The van der Waals surface area contributed by atoms with Gasteiger partial charge < -0.3 is 15.8 Å². The van der Waals surface area contributed by atoms with Gasteiger partial charge in [0.05, 0.1) is 12.0 Å². The van der Waals surface area contributed by atoms with Crippen molar-refractivity contribution in [1.29, 1.82) is 0 Å². The molecule has 1 rings (SSSR count). The van der Waals surface area contributed by atoms with E-state index >= 15 is 0 Å². The molecule has 0 aromatic heterocycles. The molecule has 0 saturated heterocycles. The van der Waals surface area contributed by atoms with Crippen molar-refractivity contribution in [2.24, 2.45) is 5.73 Å². The van der Waals surface area contributed by atoms with Gasteiger partial charge in [-0.1, -0.05) is 31.5 Å². The molecule has 2 atom stereocenters. The van der Waals surface area contributed by atoms with Crippen LogP contribution in [0.1, 0.15) is 33.1 Å². The standard InChI is InChI=1S/C16H24N2O3S/c1-3-5-11-13(19)18-14(16(20)21-4-2)15(17)22-12-9-7-6-8-10-12/h6-10,14-15H,3-5,11,17H2,1-2H3,(H,18,19). The van der Waals surface area contributed by atoms with Crippen LogP contribution in [0, 0.1) is 0 Å². The molecule has 5 nitrogen and oxygen atoms in total. The highest BCUT2D eigenvalue weighted by molar-refractivity contribution is 8.00. The predicted octanol–water partition coefficient (Wildman–Crippen LogP) is 2.30. The highest BCUT2D eigenvalue weighted by Gasteiger charge is 2.29. The van der Waals surface area contributed by atoms with Crippen LogP contribution in [-0.2, 0) is 14.3 Å². The number of rotatable bonds is 9. The summed E-state index contributed by atoms with van der Waals surface area (Å²) >= 11 is 1.33. The number of nitrogens with two attached hydrogens (primary N) is 1. The van der Waals surface area contributed by atoms with Gasteiger partial charge in [0.15, 0.2) is 6.04 Å². The van der Waals surface area contributed by atoms with E-state index in [-0.39, 0.29) is 12.5 Å². The van der Waals surface area contributed by atoms with Gasteiger partial charge in [0.1, 0.15) is 0 Å². The second-order valence-electron chi connectivity index (χ2n) is 4.80. The Balaban J connectivity index is 2.71. The highest BCUT2D eigenvalue weighted by atomic mass is 32.2. The van der Waals surface area contributed by atoms with E-state index in [9.17, 15) is 9.59 Å². The van der Waals surface area contributed by atoms with Crippen molar-refractivity contribution < 1.29 is 14.3 Å². The smallest absolute Gasteiger partial charge is 0.331 e. The number of amides is 1. The summed E-state index contributed by atoms with van der Waals surface area (Å²) in [6, 6.07) is 8.67. The summed E-state index contributed by atoms with van der Waals surface area (Å²) in [5, 5.41) is 2.09. The summed E-state index contributed by atoms with van der Waals surface area (Å²) in [6.07, 6.45) is 2.08. The zero-order valence-electron chi connectivity index (χ0n) is 13.1. The van der Waals surface area contributed by atoms with Crippen LogP contribution in [0.2, 0.25) is 0 Å². The number of benzene rings is 1. The van der Waals surface area contributed by atoms with Crippen molar-refractivity contribution in [3.63, 3.8) is 0 Å². The lowest BCUT2D eigenvalue weighted by Crippen LogP contribution is -2.51. The molecule has 22 heavy (non-hydrogen) atoms. The molecular formula is C16H24N2O3S. The first-order chi connectivity index (χ1) is 10.6. The molecule has 0 fully saturated rings. The summed E-state index contributed by atoms with van der Waals surface area (Å²) in [5.74, 6) is -0.674. The molecule has 122 valence electrons. The maximum atomic E-state index is 12.1. The van der Waals surface area contributed by atoms with Crippen LogP contribution in [-0.4, -0.2) is 29.9 Å². The Bertz CT molecular complexity index is 468. The zero-order valence-corrected chi connectivity index (χ0v) is 13.9. The molecule has 0 heterocycles. The molecular weight excluding hydrogens is 300 g/mol. The summed E-state index contributed by atoms with van der Waals surface area (Å²) in [5.41, 5.74) is 6.11. The Kier molecular flexibility index (Phi) is 8.62. The number of carbonyl (C=O) groups excluding carboxylic acids is 2. The third-order valence-corrected chi connectivity index (χ3v) is 4.05. The van der Waals surface area contributed by atoms with E-state index in [2.05, 4.69) is 5.32 Å². The SMILES string of the molecule is CCCCC(=O)NC(C(=O)OCC)C(N)Sc1ccccc1. The predicted molar refractivity (Wildman–Crippen MR) is 88.4 cm³/mol. The number of nitrogens with one attached hydrogen (secondary N) is 1. The maximum Gasteiger partial charge on any atom is 0.331 e. The Morgan fingerprint density at radius 2 is 1.95 bits per heavy atom. The number of thioether (sulfide) groups is 1. The highest BCUT2D eigenvalue weighted by Crippen LogP contribution is 2.22. The molecule has 0 spiro atoms. The third kappa shape index (κ3) is 6.49. The topological polar surface area (TPSA) is 81.4 Å². The first kappa shape index (κ1) is 18.5. The van der Waals surface area contributed by atoms with Gasteiger partial charge in [-0.2, -0.15) is 0 Å². The van der Waals surface area contributed by atoms with Crippen molar-refractivity contribution in [3.8, 4) is 0 Å². The van der Waals surface area contributed by atoms with Gasteiger partial charge in [0, 0.05) is 11.3 Å². The summed E-state index contributed by atoms with van der Waals surface area (Å²) < 4.78 is 5.02. The normalized spacial score (nSPS) is 13.2. The fourth-order valence-electron chi connectivity index (χ4n) is 1.81. The van der Waals surface area contributed by atoms with Gasteiger partial charge in [-0.15, -0.1) is 11.8 Å². The minimum absolute atomic E-state index is 0.177. The van der Waals surface area contributed by atoms with Crippen molar-refractivity contribution >= 4 is 23.6 Å². The Labute approximate surface area is 136 Å². The molecule has 0 saturated carbocycles. The van der Waals surface area contributed by atoms with E-state index in [0.29, 0.717) is 6.42 Å². The van der Waals surface area contributed by atoms with E-state index in [1.54, 1.807) is 6.92 Å². The third-order valence-electron chi connectivity index (χ3n) is 2.96. The minimum Gasteiger partial charge on any atom is -0.464 e. The van der Waals surface area contributed by atoms with Crippen LogP contribution in [0.25, 0.3) is 0 Å². The molecule has 1 aromatic carbocycles. The number of hydrogen-bond acceptors (Lipinski definition) is 5. The van der Waals surface area contributed by atoms with Crippen LogP contribution in [0.5, 0.6) is 0 Å². The molecule has 1 amide bonds. The van der Waals surface area contributed by atoms with E-state index in [0.717, 1.165) is 17.7 Å². The summed E-state index contributed by atoms with van der Waals surface area (Å²) in [4.78, 5) is 24.9. The fourth-order valence-corrected chi connectivity index (χ4v) is 2.76. The van der Waals surface area contributed by atoms with E-state index < -0.39 is 17.4 Å². The molecule has 0 aliphatic heterocycles. The van der Waals surface area contributed by atoms with Gasteiger partial charge in [0.2, 0.25) is 5.91 Å². The summed E-state index contributed by atoms with van der Waals surface area (Å²) in [7, 11) is 0. The largest absolute Gasteiger partial charge is 0.464 e. The molecule has 0 bridgehead atoms. The molecule has 6 heteroatoms. The maximum absolute atomic E-state index is 12.1. The number of ether oxygens (including phenoxy) is 1.